The fourth-order valence-electron chi connectivity index (χ4n) is 4.39. The number of nitrogens with one attached hydrogen (secondary N) is 2. The average Bonchev–Trinajstić information content (AvgIpc) is 3.68. The maximum absolute atomic E-state index is 12.3. The lowest BCUT2D eigenvalue weighted by Gasteiger charge is -2.17. The van der Waals surface area contributed by atoms with Crippen LogP contribution in [0.2, 0.25) is 0 Å². The van der Waals surface area contributed by atoms with Crippen LogP contribution >= 0.6 is 0 Å². The van der Waals surface area contributed by atoms with E-state index < -0.39 is 5.97 Å². The minimum absolute atomic E-state index is 0.0339. The molecule has 38 heavy (non-hydrogen) atoms. The number of nitrogens with zero attached hydrogens (tertiary/aromatic N) is 1. The zero-order valence-electron chi connectivity index (χ0n) is 21.8. The van der Waals surface area contributed by atoms with Crippen molar-refractivity contribution in [2.45, 2.75) is 64.7 Å². The normalized spacial score (nSPS) is 14.9. The SMILES string of the molecule is CC1(C(=O)O)CC1.O=C(CCCOc1ccccc1)Nc1cccc(Cc2n[nH]c(=O)c3c2CCCC3)c1. The van der Waals surface area contributed by atoms with E-state index in [1.807, 2.05) is 54.6 Å². The molecule has 2 aromatic carbocycles. The van der Waals surface area contributed by atoms with Crippen molar-refractivity contribution >= 4 is 17.6 Å². The second kappa shape index (κ2) is 12.5. The van der Waals surface area contributed by atoms with Crippen LogP contribution in [0.1, 0.15) is 67.8 Å². The number of carbonyl (C=O) groups is 2. The lowest BCUT2D eigenvalue weighted by atomic mass is 9.90. The first-order valence-corrected chi connectivity index (χ1v) is 13.2. The van der Waals surface area contributed by atoms with Crippen molar-refractivity contribution in [3.8, 4) is 5.75 Å². The van der Waals surface area contributed by atoms with Crippen molar-refractivity contribution < 1.29 is 19.4 Å². The van der Waals surface area contributed by atoms with Crippen molar-refractivity contribution in [2.24, 2.45) is 5.41 Å². The van der Waals surface area contributed by atoms with Crippen LogP contribution in [0, 0.1) is 5.41 Å². The number of ether oxygens (including phenoxy) is 1. The zero-order valence-corrected chi connectivity index (χ0v) is 21.8. The predicted molar refractivity (Wildman–Crippen MR) is 146 cm³/mol. The molecule has 0 atom stereocenters. The summed E-state index contributed by atoms with van der Waals surface area (Å²) in [6.45, 7) is 2.27. The van der Waals surface area contributed by atoms with E-state index >= 15 is 0 Å². The Balaban J connectivity index is 0.000000417. The van der Waals surface area contributed by atoms with E-state index in [9.17, 15) is 14.4 Å². The van der Waals surface area contributed by atoms with Crippen molar-refractivity contribution in [3.63, 3.8) is 0 Å². The topological polar surface area (TPSA) is 121 Å². The van der Waals surface area contributed by atoms with Crippen LogP contribution in [0.4, 0.5) is 5.69 Å². The number of hydrogen-bond acceptors (Lipinski definition) is 5. The van der Waals surface area contributed by atoms with Crippen molar-refractivity contribution in [3.05, 3.63) is 87.3 Å². The number of carboxylic acids is 1. The molecule has 3 aromatic rings. The quantitative estimate of drug-likeness (QED) is 0.347. The Morgan fingerprint density at radius 3 is 2.47 bits per heavy atom. The molecule has 2 aliphatic rings. The molecule has 0 bridgehead atoms. The molecule has 1 fully saturated rings. The highest BCUT2D eigenvalue weighted by atomic mass is 16.5. The molecule has 200 valence electrons. The van der Waals surface area contributed by atoms with Crippen LogP contribution in [-0.4, -0.2) is 33.8 Å². The summed E-state index contributed by atoms with van der Waals surface area (Å²) in [7, 11) is 0. The molecule has 0 spiro atoms. The Morgan fingerprint density at radius 1 is 1.05 bits per heavy atom. The van der Waals surface area contributed by atoms with Crippen molar-refractivity contribution in [1.29, 1.82) is 0 Å². The van der Waals surface area contributed by atoms with Gasteiger partial charge in [-0.3, -0.25) is 14.4 Å². The molecular weight excluding hydrogens is 482 g/mol. The summed E-state index contributed by atoms with van der Waals surface area (Å²) >= 11 is 0. The summed E-state index contributed by atoms with van der Waals surface area (Å²) < 4.78 is 5.63. The van der Waals surface area contributed by atoms with Gasteiger partial charge in [0.05, 0.1) is 17.7 Å². The Bertz CT molecular complexity index is 1310. The second-order valence-electron chi connectivity index (χ2n) is 10.2. The molecule has 2 aliphatic carbocycles. The van der Waals surface area contributed by atoms with Gasteiger partial charge < -0.3 is 15.2 Å². The van der Waals surface area contributed by atoms with Crippen molar-refractivity contribution in [2.75, 3.05) is 11.9 Å². The third-order valence-electron chi connectivity index (χ3n) is 7.04. The number of para-hydroxylation sites is 1. The number of anilines is 1. The first-order chi connectivity index (χ1) is 18.3. The van der Waals surface area contributed by atoms with Gasteiger partial charge in [0.2, 0.25) is 5.91 Å². The van der Waals surface area contributed by atoms with Crippen LogP contribution in [0.3, 0.4) is 0 Å². The van der Waals surface area contributed by atoms with Crippen LogP contribution in [0.15, 0.2) is 59.4 Å². The van der Waals surface area contributed by atoms with Gasteiger partial charge in [0.25, 0.3) is 5.56 Å². The van der Waals surface area contributed by atoms with Gasteiger partial charge in [-0.1, -0.05) is 30.3 Å². The molecule has 0 radical (unpaired) electrons. The van der Waals surface area contributed by atoms with Gasteiger partial charge in [-0.05, 0) is 87.3 Å². The van der Waals surface area contributed by atoms with Gasteiger partial charge in [0.1, 0.15) is 5.75 Å². The van der Waals surface area contributed by atoms with Gasteiger partial charge in [0, 0.05) is 24.1 Å². The number of aliphatic carboxylic acids is 1. The Labute approximate surface area is 222 Å². The smallest absolute Gasteiger partial charge is 0.309 e. The first kappa shape index (κ1) is 27.1. The van der Waals surface area contributed by atoms with E-state index in [1.165, 1.54) is 0 Å². The summed E-state index contributed by atoms with van der Waals surface area (Å²) in [5.74, 6) is 0.134. The molecule has 5 rings (SSSR count). The minimum atomic E-state index is -0.646. The molecule has 1 heterocycles. The van der Waals surface area contributed by atoms with Gasteiger partial charge in [-0.25, -0.2) is 5.10 Å². The summed E-state index contributed by atoms with van der Waals surface area (Å²) in [5, 5.41) is 18.2. The number of rotatable bonds is 9. The fraction of sp³-hybridized carbons (Fsp3) is 0.400. The molecule has 0 saturated heterocycles. The number of aromatic nitrogens is 2. The maximum atomic E-state index is 12.3. The molecular formula is C30H35N3O5. The molecule has 8 nitrogen and oxygen atoms in total. The molecule has 0 unspecified atom stereocenters. The summed E-state index contributed by atoms with van der Waals surface area (Å²) in [6.07, 6.45) is 7.28. The highest BCUT2D eigenvalue weighted by Crippen LogP contribution is 2.44. The Hall–Kier alpha value is -3.94. The number of amides is 1. The minimum Gasteiger partial charge on any atom is -0.494 e. The lowest BCUT2D eigenvalue weighted by molar-refractivity contribution is -0.142. The van der Waals surface area contributed by atoms with E-state index in [2.05, 4.69) is 15.5 Å². The summed E-state index contributed by atoms with van der Waals surface area (Å²) in [5.41, 5.74) is 4.34. The number of fused-ring (bicyclic) bond motifs is 1. The molecule has 0 aliphatic heterocycles. The van der Waals surface area contributed by atoms with Crippen LogP contribution in [0.5, 0.6) is 5.75 Å². The third-order valence-corrected chi connectivity index (χ3v) is 7.04. The molecule has 1 amide bonds. The summed E-state index contributed by atoms with van der Waals surface area (Å²) in [4.78, 5) is 34.4. The number of carbonyl (C=O) groups excluding carboxylic acids is 1. The number of H-pyrrole nitrogens is 1. The number of hydrogen-bond donors (Lipinski definition) is 3. The van der Waals surface area contributed by atoms with Crippen LogP contribution < -0.4 is 15.6 Å². The van der Waals surface area contributed by atoms with Crippen LogP contribution in [0.25, 0.3) is 0 Å². The predicted octanol–water partition coefficient (Wildman–Crippen LogP) is 4.91. The number of benzene rings is 2. The van der Waals surface area contributed by atoms with Crippen LogP contribution in [-0.2, 0) is 28.9 Å². The number of carboxylic acid groups (broad SMARTS) is 1. The number of aromatic amines is 1. The fourth-order valence-corrected chi connectivity index (χ4v) is 4.39. The highest BCUT2D eigenvalue weighted by molar-refractivity contribution is 5.90. The molecule has 1 aromatic heterocycles. The van der Waals surface area contributed by atoms with Crippen molar-refractivity contribution in [1.82, 2.24) is 10.2 Å². The Morgan fingerprint density at radius 2 is 1.79 bits per heavy atom. The highest BCUT2D eigenvalue weighted by Gasteiger charge is 2.44. The van der Waals surface area contributed by atoms with E-state index in [4.69, 9.17) is 9.84 Å². The molecule has 3 N–H and O–H groups in total. The lowest BCUT2D eigenvalue weighted by Crippen LogP contribution is -2.23. The summed E-state index contributed by atoms with van der Waals surface area (Å²) in [6, 6.07) is 17.4. The van der Waals surface area contributed by atoms with Gasteiger partial charge in [0.15, 0.2) is 0 Å². The van der Waals surface area contributed by atoms with E-state index in [1.54, 1.807) is 6.92 Å². The monoisotopic (exact) mass is 517 g/mol. The zero-order chi connectivity index (χ0) is 27.0. The first-order valence-electron chi connectivity index (χ1n) is 13.2. The Kier molecular flexibility index (Phi) is 8.94. The van der Waals surface area contributed by atoms with Gasteiger partial charge in [-0.15, -0.1) is 0 Å². The largest absolute Gasteiger partial charge is 0.494 e. The van der Waals surface area contributed by atoms with Gasteiger partial charge in [-0.2, -0.15) is 5.10 Å². The molecule has 8 heteroatoms. The van der Waals surface area contributed by atoms with E-state index in [-0.39, 0.29) is 16.9 Å². The third kappa shape index (κ3) is 7.54. The average molecular weight is 518 g/mol. The molecule has 1 saturated carbocycles. The maximum Gasteiger partial charge on any atom is 0.309 e. The standard InChI is InChI=1S/C25H27N3O3.C5H8O2/c29-24(14-7-15-31-20-10-2-1-3-11-20)26-19-9-6-8-18(16-19)17-23-21-12-4-5-13-22(21)25(30)28-27-23;1-5(2-3-5)4(6)7/h1-3,6,8-11,16H,4-5,7,12-15,17H2,(H,26,29)(H,28,30);2-3H2,1H3,(H,6,7). The second-order valence-corrected chi connectivity index (χ2v) is 10.2. The van der Waals surface area contributed by atoms with E-state index in [0.29, 0.717) is 25.9 Å². The van der Waals surface area contributed by atoms with Gasteiger partial charge >= 0.3 is 5.97 Å². The van der Waals surface area contributed by atoms with E-state index in [0.717, 1.165) is 72.3 Å².